The van der Waals surface area contributed by atoms with E-state index in [9.17, 15) is 4.39 Å². The molecule has 0 aromatic carbocycles. The van der Waals surface area contributed by atoms with Crippen LogP contribution >= 0.6 is 0 Å². The molecule has 110 valence electrons. The van der Waals surface area contributed by atoms with Crippen LogP contribution in [0.25, 0.3) is 0 Å². The number of halogens is 1. The molecule has 1 aliphatic rings. The Hall–Kier alpha value is -2.44. The topological polar surface area (TPSA) is 71.2 Å². The van der Waals surface area contributed by atoms with E-state index in [2.05, 4.69) is 19.9 Å². The molecule has 0 bridgehead atoms. The first kappa shape index (κ1) is 13.5. The highest BCUT2D eigenvalue weighted by molar-refractivity contribution is 5.62. The number of pyridine rings is 1. The van der Waals surface area contributed by atoms with E-state index in [-0.39, 0.29) is 5.82 Å². The van der Waals surface area contributed by atoms with Crippen LogP contribution in [0.15, 0.2) is 24.7 Å². The van der Waals surface area contributed by atoms with Crippen LogP contribution < -0.4 is 15.5 Å². The maximum Gasteiger partial charge on any atom is 0.186 e. The van der Waals surface area contributed by atoms with Crippen LogP contribution in [0.4, 0.5) is 21.7 Å². The average molecular weight is 288 g/mol. The summed E-state index contributed by atoms with van der Waals surface area (Å²) in [6, 6.07) is 3.65. The second-order valence-corrected chi connectivity index (χ2v) is 4.99. The Balaban J connectivity index is 1.74. The summed E-state index contributed by atoms with van der Waals surface area (Å²) in [5.41, 5.74) is 6.98. The van der Waals surface area contributed by atoms with Crippen LogP contribution in [0.2, 0.25) is 0 Å². The van der Waals surface area contributed by atoms with Gasteiger partial charge in [-0.2, -0.15) is 0 Å². The van der Waals surface area contributed by atoms with E-state index >= 15 is 0 Å². The Morgan fingerprint density at radius 3 is 2.38 bits per heavy atom. The summed E-state index contributed by atoms with van der Waals surface area (Å²) in [7, 11) is 0. The van der Waals surface area contributed by atoms with Crippen LogP contribution in [0.1, 0.15) is 5.69 Å². The summed E-state index contributed by atoms with van der Waals surface area (Å²) in [6.45, 7) is 4.44. The smallest absolute Gasteiger partial charge is 0.186 e. The van der Waals surface area contributed by atoms with Crippen molar-refractivity contribution in [3.8, 4) is 0 Å². The van der Waals surface area contributed by atoms with Gasteiger partial charge in [0.2, 0.25) is 0 Å². The summed E-state index contributed by atoms with van der Waals surface area (Å²) < 4.78 is 14.1. The third-order valence-corrected chi connectivity index (χ3v) is 3.64. The van der Waals surface area contributed by atoms with E-state index in [0.717, 1.165) is 18.9 Å². The lowest BCUT2D eigenvalue weighted by Gasteiger charge is -2.36. The predicted molar refractivity (Wildman–Crippen MR) is 79.8 cm³/mol. The van der Waals surface area contributed by atoms with Gasteiger partial charge in [-0.3, -0.25) is 0 Å². The van der Waals surface area contributed by atoms with Gasteiger partial charge in [0.1, 0.15) is 6.33 Å². The first-order valence-electron chi connectivity index (χ1n) is 6.84. The lowest BCUT2D eigenvalue weighted by Crippen LogP contribution is -2.47. The van der Waals surface area contributed by atoms with Gasteiger partial charge in [-0.1, -0.05) is 0 Å². The number of nitrogens with zero attached hydrogens (tertiary/aromatic N) is 5. The molecule has 2 aromatic rings. The van der Waals surface area contributed by atoms with Crippen LogP contribution in [0.3, 0.4) is 0 Å². The van der Waals surface area contributed by atoms with Crippen LogP contribution in [-0.2, 0) is 0 Å². The Bertz CT molecular complexity index is 639. The highest BCUT2D eigenvalue weighted by Crippen LogP contribution is 2.23. The Kier molecular flexibility index (Phi) is 3.55. The van der Waals surface area contributed by atoms with Gasteiger partial charge in [-0.25, -0.2) is 19.3 Å². The quantitative estimate of drug-likeness (QED) is 0.896. The van der Waals surface area contributed by atoms with Gasteiger partial charge in [0.15, 0.2) is 17.5 Å². The van der Waals surface area contributed by atoms with Crippen molar-refractivity contribution >= 4 is 17.3 Å². The lowest BCUT2D eigenvalue weighted by molar-refractivity contribution is 0.573. The number of anilines is 3. The number of hydrogen-bond acceptors (Lipinski definition) is 6. The Morgan fingerprint density at radius 1 is 1.05 bits per heavy atom. The van der Waals surface area contributed by atoms with Crippen molar-refractivity contribution in [1.82, 2.24) is 15.0 Å². The third-order valence-electron chi connectivity index (χ3n) is 3.64. The van der Waals surface area contributed by atoms with Gasteiger partial charge < -0.3 is 15.5 Å². The van der Waals surface area contributed by atoms with Crippen LogP contribution in [0.5, 0.6) is 0 Å². The lowest BCUT2D eigenvalue weighted by atomic mass is 10.2. The minimum Gasteiger partial charge on any atom is -0.396 e. The highest BCUT2D eigenvalue weighted by atomic mass is 19.1. The summed E-state index contributed by atoms with van der Waals surface area (Å²) >= 11 is 0. The van der Waals surface area contributed by atoms with Crippen molar-refractivity contribution in [3.05, 3.63) is 36.2 Å². The SMILES string of the molecule is Cc1ncnc(N2CCN(c3ncccc3N)CC2)c1F. The molecular weight excluding hydrogens is 271 g/mol. The second-order valence-electron chi connectivity index (χ2n) is 4.99. The number of aromatic nitrogens is 3. The van der Waals surface area contributed by atoms with E-state index < -0.39 is 0 Å². The zero-order chi connectivity index (χ0) is 14.8. The van der Waals surface area contributed by atoms with Gasteiger partial charge >= 0.3 is 0 Å². The van der Waals surface area contributed by atoms with Gasteiger partial charge in [-0.15, -0.1) is 0 Å². The fourth-order valence-electron chi connectivity index (χ4n) is 2.47. The van der Waals surface area contributed by atoms with Gasteiger partial charge in [0.25, 0.3) is 0 Å². The van der Waals surface area contributed by atoms with Crippen molar-refractivity contribution in [3.63, 3.8) is 0 Å². The molecule has 0 radical (unpaired) electrons. The first-order valence-corrected chi connectivity index (χ1v) is 6.84. The summed E-state index contributed by atoms with van der Waals surface area (Å²) in [4.78, 5) is 16.3. The zero-order valence-electron chi connectivity index (χ0n) is 11.8. The van der Waals surface area contributed by atoms with Crippen molar-refractivity contribution in [1.29, 1.82) is 0 Å². The molecule has 0 unspecified atom stereocenters. The summed E-state index contributed by atoms with van der Waals surface area (Å²) in [6.07, 6.45) is 3.13. The maximum atomic E-state index is 14.1. The summed E-state index contributed by atoms with van der Waals surface area (Å²) in [5, 5.41) is 0. The molecule has 1 aliphatic heterocycles. The molecule has 0 atom stereocenters. The van der Waals surface area contributed by atoms with E-state index in [1.165, 1.54) is 6.33 Å². The molecular formula is C14H17FN6. The minimum absolute atomic E-state index is 0.344. The normalized spacial score (nSPS) is 15.3. The number of aryl methyl sites for hydroxylation is 1. The maximum absolute atomic E-state index is 14.1. The van der Waals surface area contributed by atoms with Crippen LogP contribution in [0, 0.1) is 12.7 Å². The van der Waals surface area contributed by atoms with E-state index in [0.29, 0.717) is 30.3 Å². The number of nitrogens with two attached hydrogens (primary N) is 1. The predicted octanol–water partition coefficient (Wildman–Crippen LogP) is 1.23. The molecule has 1 fully saturated rings. The molecule has 0 amide bonds. The van der Waals surface area contributed by atoms with Crippen molar-refractivity contribution in [2.75, 3.05) is 41.7 Å². The van der Waals surface area contributed by atoms with Gasteiger partial charge in [0, 0.05) is 32.4 Å². The highest BCUT2D eigenvalue weighted by Gasteiger charge is 2.23. The number of piperazine rings is 1. The largest absolute Gasteiger partial charge is 0.396 e. The number of hydrogen-bond donors (Lipinski definition) is 1. The third kappa shape index (κ3) is 2.58. The Morgan fingerprint density at radius 2 is 1.71 bits per heavy atom. The standard InChI is InChI=1S/C14H17FN6/c1-10-12(15)14(19-9-18-10)21-7-5-20(6-8-21)13-11(16)3-2-4-17-13/h2-4,9H,5-8,16H2,1H3. The molecule has 1 saturated heterocycles. The fraction of sp³-hybridized carbons (Fsp3) is 0.357. The monoisotopic (exact) mass is 288 g/mol. The molecule has 6 nitrogen and oxygen atoms in total. The van der Waals surface area contributed by atoms with E-state index in [4.69, 9.17) is 5.73 Å². The minimum atomic E-state index is -0.344. The molecule has 3 heterocycles. The van der Waals surface area contributed by atoms with E-state index in [1.807, 2.05) is 17.0 Å². The fourth-order valence-corrected chi connectivity index (χ4v) is 2.47. The van der Waals surface area contributed by atoms with Crippen LogP contribution in [-0.4, -0.2) is 41.1 Å². The molecule has 3 rings (SSSR count). The first-order chi connectivity index (χ1) is 10.2. The Labute approximate surface area is 122 Å². The van der Waals surface area contributed by atoms with Crippen molar-refractivity contribution in [2.45, 2.75) is 6.92 Å². The molecule has 7 heteroatoms. The molecule has 0 aliphatic carbocycles. The molecule has 2 aromatic heterocycles. The van der Waals surface area contributed by atoms with Crippen molar-refractivity contribution in [2.24, 2.45) is 0 Å². The number of rotatable bonds is 2. The molecule has 0 spiro atoms. The second kappa shape index (κ2) is 5.51. The molecule has 2 N–H and O–H groups in total. The average Bonchev–Trinajstić information content (AvgIpc) is 2.51. The molecule has 0 saturated carbocycles. The number of nitrogen functional groups attached to an aromatic ring is 1. The summed E-state index contributed by atoms with van der Waals surface area (Å²) in [5.74, 6) is 0.816. The van der Waals surface area contributed by atoms with E-state index in [1.54, 1.807) is 13.1 Å². The van der Waals surface area contributed by atoms with Gasteiger partial charge in [-0.05, 0) is 19.1 Å². The van der Waals surface area contributed by atoms with Gasteiger partial charge in [0.05, 0.1) is 11.4 Å². The van der Waals surface area contributed by atoms with Crippen molar-refractivity contribution < 1.29 is 4.39 Å². The zero-order valence-corrected chi connectivity index (χ0v) is 11.8. The molecule has 21 heavy (non-hydrogen) atoms.